The highest BCUT2D eigenvalue weighted by atomic mass is 15.2. The van der Waals surface area contributed by atoms with E-state index in [4.69, 9.17) is 5.73 Å². The first-order chi connectivity index (χ1) is 7.78. The monoisotopic (exact) mass is 216 g/mol. The Kier molecular flexibility index (Phi) is 2.49. The van der Waals surface area contributed by atoms with Crippen LogP contribution in [0.25, 0.3) is 0 Å². The number of fused-ring (bicyclic) bond motifs is 1. The van der Waals surface area contributed by atoms with E-state index in [0.717, 1.165) is 25.7 Å². The third-order valence-electron chi connectivity index (χ3n) is 3.91. The van der Waals surface area contributed by atoms with Gasteiger partial charge >= 0.3 is 0 Å². The second-order valence-electron chi connectivity index (χ2n) is 5.30. The summed E-state index contributed by atoms with van der Waals surface area (Å²) >= 11 is 0. The van der Waals surface area contributed by atoms with E-state index in [9.17, 15) is 0 Å². The van der Waals surface area contributed by atoms with Crippen molar-refractivity contribution in [3.05, 3.63) is 34.9 Å². The Morgan fingerprint density at radius 2 is 2.19 bits per heavy atom. The van der Waals surface area contributed by atoms with Crippen LogP contribution in [-0.2, 0) is 6.54 Å². The molecule has 86 valence electrons. The predicted octanol–water partition coefficient (Wildman–Crippen LogP) is 2.02. The van der Waals surface area contributed by atoms with E-state index in [1.807, 2.05) is 0 Å². The minimum atomic E-state index is 0.546. The van der Waals surface area contributed by atoms with Gasteiger partial charge < -0.3 is 5.73 Å². The molecule has 0 radical (unpaired) electrons. The van der Waals surface area contributed by atoms with Crippen molar-refractivity contribution >= 4 is 0 Å². The minimum absolute atomic E-state index is 0.546. The zero-order valence-corrected chi connectivity index (χ0v) is 9.95. The largest absolute Gasteiger partial charge is 0.330 e. The predicted molar refractivity (Wildman–Crippen MR) is 66.4 cm³/mol. The minimum Gasteiger partial charge on any atom is -0.330 e. The molecule has 1 aromatic rings. The van der Waals surface area contributed by atoms with Crippen molar-refractivity contribution in [3.8, 4) is 0 Å². The Balaban J connectivity index is 1.94. The van der Waals surface area contributed by atoms with E-state index in [-0.39, 0.29) is 0 Å². The molecule has 0 spiro atoms. The molecule has 2 N–H and O–H groups in total. The molecule has 1 aliphatic heterocycles. The summed E-state index contributed by atoms with van der Waals surface area (Å²) in [6.45, 7) is 5.25. The number of hydrogen-bond acceptors (Lipinski definition) is 2. The summed E-state index contributed by atoms with van der Waals surface area (Å²) in [7, 11) is 0. The van der Waals surface area contributed by atoms with Gasteiger partial charge in [0.15, 0.2) is 0 Å². The molecule has 0 bridgehead atoms. The molecule has 1 heterocycles. The molecule has 2 heteroatoms. The van der Waals surface area contributed by atoms with Gasteiger partial charge in [0.1, 0.15) is 0 Å². The van der Waals surface area contributed by atoms with Gasteiger partial charge in [0.05, 0.1) is 0 Å². The maximum Gasteiger partial charge on any atom is 0.0239 e. The van der Waals surface area contributed by atoms with E-state index >= 15 is 0 Å². The van der Waals surface area contributed by atoms with Gasteiger partial charge in [-0.25, -0.2) is 0 Å². The van der Waals surface area contributed by atoms with E-state index in [0.29, 0.717) is 5.92 Å². The highest BCUT2D eigenvalue weighted by Gasteiger charge is 2.34. The number of nitrogens with zero attached hydrogens (tertiary/aromatic N) is 1. The SMILES string of the molecule is Cc1ccc2c(c1)CN(C1CC1)CC2CN. The van der Waals surface area contributed by atoms with E-state index in [1.165, 1.54) is 29.5 Å². The van der Waals surface area contributed by atoms with Crippen LogP contribution in [0.1, 0.15) is 35.4 Å². The van der Waals surface area contributed by atoms with Crippen LogP contribution in [-0.4, -0.2) is 24.0 Å². The number of aryl methyl sites for hydroxylation is 1. The average molecular weight is 216 g/mol. The molecule has 3 rings (SSSR count). The normalized spacial score (nSPS) is 25.5. The summed E-state index contributed by atoms with van der Waals surface area (Å²) in [5.41, 5.74) is 10.3. The lowest BCUT2D eigenvalue weighted by atomic mass is 9.88. The van der Waals surface area contributed by atoms with Crippen molar-refractivity contribution in [1.29, 1.82) is 0 Å². The quantitative estimate of drug-likeness (QED) is 0.819. The standard InChI is InChI=1S/C14H20N2/c1-10-2-5-14-11(6-10)8-16(13-3-4-13)9-12(14)7-15/h2,5-6,12-13H,3-4,7-9,15H2,1H3. The first-order valence-corrected chi connectivity index (χ1v) is 6.31. The van der Waals surface area contributed by atoms with Gasteiger partial charge in [0.2, 0.25) is 0 Å². The maximum absolute atomic E-state index is 5.91. The number of hydrogen-bond donors (Lipinski definition) is 1. The van der Waals surface area contributed by atoms with E-state index in [2.05, 4.69) is 30.0 Å². The number of benzene rings is 1. The van der Waals surface area contributed by atoms with Crippen LogP contribution in [0.3, 0.4) is 0 Å². The van der Waals surface area contributed by atoms with Crippen LogP contribution in [0.2, 0.25) is 0 Å². The van der Waals surface area contributed by atoms with Crippen LogP contribution in [0.15, 0.2) is 18.2 Å². The molecule has 2 aliphatic rings. The second-order valence-corrected chi connectivity index (χ2v) is 5.30. The van der Waals surface area contributed by atoms with Gasteiger partial charge in [-0.3, -0.25) is 4.90 Å². The van der Waals surface area contributed by atoms with Crippen molar-refractivity contribution in [1.82, 2.24) is 4.90 Å². The lowest BCUT2D eigenvalue weighted by Crippen LogP contribution is -2.37. The number of rotatable bonds is 2. The number of nitrogens with two attached hydrogens (primary N) is 1. The molecular weight excluding hydrogens is 196 g/mol. The van der Waals surface area contributed by atoms with Crippen LogP contribution >= 0.6 is 0 Å². The third kappa shape index (κ3) is 1.76. The summed E-state index contributed by atoms with van der Waals surface area (Å²) < 4.78 is 0. The highest BCUT2D eigenvalue weighted by molar-refractivity contribution is 5.36. The van der Waals surface area contributed by atoms with Gasteiger partial charge in [-0.2, -0.15) is 0 Å². The lowest BCUT2D eigenvalue weighted by molar-refractivity contribution is 0.221. The van der Waals surface area contributed by atoms with Crippen LogP contribution in [0, 0.1) is 6.92 Å². The summed E-state index contributed by atoms with van der Waals surface area (Å²) in [5.74, 6) is 0.546. The fraction of sp³-hybridized carbons (Fsp3) is 0.571. The molecule has 1 aliphatic carbocycles. The zero-order chi connectivity index (χ0) is 11.1. The van der Waals surface area contributed by atoms with Gasteiger partial charge in [-0.05, 0) is 30.9 Å². The zero-order valence-electron chi connectivity index (χ0n) is 9.95. The Labute approximate surface area is 97.4 Å². The summed E-state index contributed by atoms with van der Waals surface area (Å²) in [6, 6.07) is 7.69. The smallest absolute Gasteiger partial charge is 0.0239 e. The highest BCUT2D eigenvalue weighted by Crippen LogP contribution is 2.35. The molecular formula is C14H20N2. The maximum atomic E-state index is 5.91. The van der Waals surface area contributed by atoms with Gasteiger partial charge in [-0.1, -0.05) is 23.8 Å². The van der Waals surface area contributed by atoms with Gasteiger partial charge in [-0.15, -0.1) is 0 Å². The van der Waals surface area contributed by atoms with Crippen molar-refractivity contribution in [2.24, 2.45) is 5.73 Å². The second kappa shape index (κ2) is 3.86. The van der Waals surface area contributed by atoms with E-state index < -0.39 is 0 Å². The molecule has 0 saturated heterocycles. The first kappa shape index (κ1) is 10.3. The van der Waals surface area contributed by atoms with E-state index in [1.54, 1.807) is 0 Å². The Morgan fingerprint density at radius 1 is 1.38 bits per heavy atom. The molecule has 1 saturated carbocycles. The fourth-order valence-corrected chi connectivity index (χ4v) is 2.85. The van der Waals surface area contributed by atoms with Crippen LogP contribution in [0.5, 0.6) is 0 Å². The molecule has 0 amide bonds. The summed E-state index contributed by atoms with van der Waals surface area (Å²) in [5, 5.41) is 0. The lowest BCUT2D eigenvalue weighted by Gasteiger charge is -2.34. The molecule has 16 heavy (non-hydrogen) atoms. The molecule has 1 atom stereocenters. The van der Waals surface area contributed by atoms with Crippen molar-refractivity contribution in [3.63, 3.8) is 0 Å². The van der Waals surface area contributed by atoms with Crippen molar-refractivity contribution in [2.45, 2.75) is 38.3 Å². The topological polar surface area (TPSA) is 29.3 Å². The van der Waals surface area contributed by atoms with Crippen LogP contribution < -0.4 is 5.73 Å². The fourth-order valence-electron chi connectivity index (χ4n) is 2.85. The third-order valence-corrected chi connectivity index (χ3v) is 3.91. The Morgan fingerprint density at radius 3 is 2.88 bits per heavy atom. The summed E-state index contributed by atoms with van der Waals surface area (Å²) in [6.07, 6.45) is 2.77. The molecule has 1 fully saturated rings. The molecule has 1 unspecified atom stereocenters. The Bertz CT molecular complexity index is 396. The van der Waals surface area contributed by atoms with Crippen molar-refractivity contribution < 1.29 is 0 Å². The molecule has 0 aromatic heterocycles. The molecule has 2 nitrogen and oxygen atoms in total. The Hall–Kier alpha value is -0.860. The average Bonchev–Trinajstić information content (AvgIpc) is 3.10. The van der Waals surface area contributed by atoms with Crippen molar-refractivity contribution in [2.75, 3.05) is 13.1 Å². The summed E-state index contributed by atoms with van der Waals surface area (Å²) in [4.78, 5) is 2.62. The van der Waals surface area contributed by atoms with Gasteiger partial charge in [0, 0.05) is 31.6 Å². The van der Waals surface area contributed by atoms with Crippen LogP contribution in [0.4, 0.5) is 0 Å². The first-order valence-electron chi connectivity index (χ1n) is 6.31. The van der Waals surface area contributed by atoms with Gasteiger partial charge in [0.25, 0.3) is 0 Å². The molecule has 1 aromatic carbocycles.